The lowest BCUT2D eigenvalue weighted by Crippen LogP contribution is -2.11. The fraction of sp³-hybridized carbons (Fsp3) is 0.0769. The van der Waals surface area contributed by atoms with Crippen molar-refractivity contribution < 1.29 is 4.79 Å². The largest absolute Gasteiger partial charge is 0.366 e. The van der Waals surface area contributed by atoms with Gasteiger partial charge in [-0.2, -0.15) is 0 Å². The molecule has 1 amide bonds. The third-order valence-electron chi connectivity index (χ3n) is 2.51. The molecule has 1 aromatic carbocycles. The van der Waals surface area contributed by atoms with Gasteiger partial charge in [0.15, 0.2) is 0 Å². The molecule has 0 radical (unpaired) electrons. The zero-order chi connectivity index (χ0) is 13.1. The molecule has 2 N–H and O–H groups in total. The number of rotatable bonds is 3. The number of amides is 1. The van der Waals surface area contributed by atoms with Gasteiger partial charge in [-0.25, -0.2) is 0 Å². The second-order valence-corrected chi connectivity index (χ2v) is 4.42. The monoisotopic (exact) mass is 280 g/mol. The summed E-state index contributed by atoms with van der Waals surface area (Å²) < 4.78 is 0. The molecule has 5 heteroatoms. The Balaban J connectivity index is 2.45. The van der Waals surface area contributed by atoms with E-state index in [1.807, 2.05) is 12.1 Å². The van der Waals surface area contributed by atoms with Gasteiger partial charge in [0.25, 0.3) is 0 Å². The molecule has 3 nitrogen and oxygen atoms in total. The smallest absolute Gasteiger partial charge is 0.250 e. The zero-order valence-electron chi connectivity index (χ0n) is 9.36. The van der Waals surface area contributed by atoms with Crippen LogP contribution in [0.15, 0.2) is 36.5 Å². The van der Waals surface area contributed by atoms with Crippen LogP contribution in [0.3, 0.4) is 0 Å². The van der Waals surface area contributed by atoms with Gasteiger partial charge in [-0.15, -0.1) is 11.6 Å². The minimum absolute atomic E-state index is 0.300. The van der Waals surface area contributed by atoms with Crippen LogP contribution >= 0.6 is 23.2 Å². The van der Waals surface area contributed by atoms with Crippen molar-refractivity contribution in [1.82, 2.24) is 4.98 Å². The van der Waals surface area contributed by atoms with E-state index in [2.05, 4.69) is 4.98 Å². The van der Waals surface area contributed by atoms with Gasteiger partial charge in [-0.05, 0) is 29.8 Å². The molecular weight excluding hydrogens is 271 g/mol. The van der Waals surface area contributed by atoms with Crippen molar-refractivity contribution in [2.24, 2.45) is 5.73 Å². The van der Waals surface area contributed by atoms with E-state index in [4.69, 9.17) is 28.9 Å². The van der Waals surface area contributed by atoms with E-state index in [0.29, 0.717) is 16.5 Å². The summed E-state index contributed by atoms with van der Waals surface area (Å²) in [5, 5.41) is 0.318. The van der Waals surface area contributed by atoms with E-state index in [0.717, 1.165) is 16.8 Å². The number of benzene rings is 1. The van der Waals surface area contributed by atoms with Gasteiger partial charge in [-0.1, -0.05) is 17.7 Å². The molecule has 0 unspecified atom stereocenters. The predicted octanol–water partition coefficient (Wildman–Crippen LogP) is 3.24. The van der Waals surface area contributed by atoms with Gasteiger partial charge < -0.3 is 5.73 Å². The van der Waals surface area contributed by atoms with Crippen LogP contribution in [-0.2, 0) is 5.88 Å². The van der Waals surface area contributed by atoms with Crippen LogP contribution in [0.5, 0.6) is 0 Å². The summed E-state index contributed by atoms with van der Waals surface area (Å²) in [4.78, 5) is 15.3. The number of aromatic nitrogens is 1. The van der Waals surface area contributed by atoms with E-state index in [9.17, 15) is 4.79 Å². The number of carbonyl (C=O) groups is 1. The maximum absolute atomic E-state index is 11.1. The maximum atomic E-state index is 11.1. The number of hydrogen-bond acceptors (Lipinski definition) is 2. The Hall–Kier alpha value is -1.58. The van der Waals surface area contributed by atoms with E-state index < -0.39 is 5.91 Å². The summed E-state index contributed by atoms with van der Waals surface area (Å²) in [5.74, 6) is -0.128. The predicted molar refractivity (Wildman–Crippen MR) is 72.8 cm³/mol. The number of halogens is 2. The van der Waals surface area contributed by atoms with Crippen molar-refractivity contribution in [3.8, 4) is 11.3 Å². The Morgan fingerprint density at radius 2 is 2.06 bits per heavy atom. The second kappa shape index (κ2) is 5.38. The molecule has 0 fully saturated rings. The van der Waals surface area contributed by atoms with Crippen LogP contribution in [0, 0.1) is 0 Å². The first-order chi connectivity index (χ1) is 8.61. The number of nitrogens with two attached hydrogens (primary N) is 1. The normalized spacial score (nSPS) is 10.3. The summed E-state index contributed by atoms with van der Waals surface area (Å²) in [5.41, 5.74) is 8.03. The molecule has 0 aliphatic rings. The average Bonchev–Trinajstić information content (AvgIpc) is 2.38. The number of hydrogen-bond donors (Lipinski definition) is 1. The van der Waals surface area contributed by atoms with Crippen LogP contribution in [0.4, 0.5) is 0 Å². The fourth-order valence-corrected chi connectivity index (χ4v) is 2.03. The molecule has 18 heavy (non-hydrogen) atoms. The van der Waals surface area contributed by atoms with Crippen LogP contribution in [0.25, 0.3) is 11.3 Å². The molecule has 0 saturated carbocycles. The van der Waals surface area contributed by atoms with E-state index in [1.165, 1.54) is 0 Å². The van der Waals surface area contributed by atoms with E-state index in [-0.39, 0.29) is 0 Å². The van der Waals surface area contributed by atoms with Crippen molar-refractivity contribution in [3.05, 3.63) is 52.7 Å². The molecule has 0 bridgehead atoms. The molecule has 0 aliphatic heterocycles. The number of alkyl halides is 1. The Labute approximate surface area is 115 Å². The quantitative estimate of drug-likeness (QED) is 0.878. The molecule has 1 heterocycles. The highest BCUT2D eigenvalue weighted by Crippen LogP contribution is 2.25. The summed E-state index contributed by atoms with van der Waals surface area (Å²) in [6, 6.07) is 8.74. The summed E-state index contributed by atoms with van der Waals surface area (Å²) in [6.07, 6.45) is 1.68. The van der Waals surface area contributed by atoms with Gasteiger partial charge in [0.2, 0.25) is 5.91 Å². The second-order valence-electron chi connectivity index (χ2n) is 3.74. The van der Waals surface area contributed by atoms with Crippen LogP contribution in [0.1, 0.15) is 15.9 Å². The van der Waals surface area contributed by atoms with Gasteiger partial charge in [0.1, 0.15) is 0 Å². The van der Waals surface area contributed by atoms with Crippen molar-refractivity contribution in [2.45, 2.75) is 5.88 Å². The first kappa shape index (κ1) is 12.9. The molecular formula is C13H10Cl2N2O. The zero-order valence-corrected chi connectivity index (χ0v) is 10.9. The minimum atomic E-state index is -0.547. The Kier molecular flexibility index (Phi) is 3.84. The number of primary amides is 1. The number of pyridine rings is 1. The Morgan fingerprint density at radius 3 is 2.67 bits per heavy atom. The fourth-order valence-electron chi connectivity index (χ4n) is 1.59. The topological polar surface area (TPSA) is 56.0 Å². The highest BCUT2D eigenvalue weighted by atomic mass is 35.5. The first-order valence-corrected chi connectivity index (χ1v) is 6.13. The molecule has 0 aliphatic carbocycles. The molecule has 0 saturated heterocycles. The average molecular weight is 281 g/mol. The van der Waals surface area contributed by atoms with Crippen molar-refractivity contribution >= 4 is 29.1 Å². The standard InChI is InChI=1S/C13H10Cl2N2O/c14-7-8-3-4-17-12(5-8)9-1-2-10(13(16)18)11(15)6-9/h1-6H,7H2,(H2,16,18). The maximum Gasteiger partial charge on any atom is 0.250 e. The highest BCUT2D eigenvalue weighted by Gasteiger charge is 2.08. The molecule has 2 rings (SSSR count). The summed E-state index contributed by atoms with van der Waals surface area (Å²) in [7, 11) is 0. The van der Waals surface area contributed by atoms with E-state index in [1.54, 1.807) is 24.4 Å². The van der Waals surface area contributed by atoms with Gasteiger partial charge >= 0.3 is 0 Å². The number of nitrogens with zero attached hydrogens (tertiary/aromatic N) is 1. The molecule has 1 aromatic heterocycles. The highest BCUT2D eigenvalue weighted by molar-refractivity contribution is 6.34. The van der Waals surface area contributed by atoms with Crippen LogP contribution in [-0.4, -0.2) is 10.9 Å². The number of carbonyl (C=O) groups excluding carboxylic acids is 1. The third-order valence-corrected chi connectivity index (χ3v) is 3.13. The third kappa shape index (κ3) is 2.63. The van der Waals surface area contributed by atoms with Crippen LogP contribution in [0.2, 0.25) is 5.02 Å². The minimum Gasteiger partial charge on any atom is -0.366 e. The lowest BCUT2D eigenvalue weighted by atomic mass is 10.1. The molecule has 2 aromatic rings. The van der Waals surface area contributed by atoms with Gasteiger partial charge in [0, 0.05) is 17.6 Å². The lowest BCUT2D eigenvalue weighted by molar-refractivity contribution is 0.100. The lowest BCUT2D eigenvalue weighted by Gasteiger charge is -2.05. The SMILES string of the molecule is NC(=O)c1ccc(-c2cc(CCl)ccn2)cc1Cl. The Bertz CT molecular complexity index is 599. The molecule has 0 atom stereocenters. The van der Waals surface area contributed by atoms with Crippen molar-refractivity contribution in [1.29, 1.82) is 0 Å². The summed E-state index contributed by atoms with van der Waals surface area (Å²) in [6.45, 7) is 0. The van der Waals surface area contributed by atoms with Crippen LogP contribution < -0.4 is 5.73 Å². The summed E-state index contributed by atoms with van der Waals surface area (Å²) >= 11 is 11.8. The Morgan fingerprint density at radius 1 is 1.28 bits per heavy atom. The van der Waals surface area contributed by atoms with Gasteiger partial charge in [-0.3, -0.25) is 9.78 Å². The first-order valence-electron chi connectivity index (χ1n) is 5.22. The molecule has 0 spiro atoms. The van der Waals surface area contributed by atoms with Gasteiger partial charge in [0.05, 0.1) is 16.3 Å². The van der Waals surface area contributed by atoms with Crippen molar-refractivity contribution in [3.63, 3.8) is 0 Å². The molecule has 92 valence electrons. The van der Waals surface area contributed by atoms with E-state index >= 15 is 0 Å². The van der Waals surface area contributed by atoms with Crippen molar-refractivity contribution in [2.75, 3.05) is 0 Å².